The van der Waals surface area contributed by atoms with Crippen molar-refractivity contribution in [3.8, 4) is 0 Å². The van der Waals surface area contributed by atoms with Crippen LogP contribution in [0.15, 0.2) is 54.6 Å². The van der Waals surface area contributed by atoms with E-state index in [1.807, 2.05) is 48.5 Å². The van der Waals surface area contributed by atoms with Gasteiger partial charge in [0.15, 0.2) is 0 Å². The molecular weight excluding hydrogens is 336 g/mol. The standard InChI is InChI=1S/C22H24N4O/c1-16-14-21(26-12-6-3-7-13-26)25-20-11-10-18(15-19(16)20)24-22(27)23-17-8-4-2-5-9-17/h2,4-5,8-11,14-15H,3,6-7,12-13H2,1H3,(H2,23,24,27). The number of nitrogens with zero attached hydrogens (tertiary/aromatic N) is 2. The van der Waals surface area contributed by atoms with Crippen LogP contribution in [-0.2, 0) is 0 Å². The van der Waals surface area contributed by atoms with Crippen molar-refractivity contribution in [2.45, 2.75) is 26.2 Å². The second-order valence-corrected chi connectivity index (χ2v) is 7.02. The maximum absolute atomic E-state index is 12.2. The fourth-order valence-corrected chi connectivity index (χ4v) is 3.55. The van der Waals surface area contributed by atoms with E-state index >= 15 is 0 Å². The molecule has 1 fully saturated rings. The predicted molar refractivity (Wildman–Crippen MR) is 112 cm³/mol. The quantitative estimate of drug-likeness (QED) is 0.677. The van der Waals surface area contributed by atoms with Crippen molar-refractivity contribution in [3.05, 3.63) is 60.2 Å². The van der Waals surface area contributed by atoms with E-state index in [1.165, 1.54) is 24.8 Å². The molecule has 0 atom stereocenters. The van der Waals surface area contributed by atoms with Crippen LogP contribution >= 0.6 is 0 Å². The summed E-state index contributed by atoms with van der Waals surface area (Å²) in [6.07, 6.45) is 3.78. The molecule has 5 heteroatoms. The molecule has 2 N–H and O–H groups in total. The summed E-state index contributed by atoms with van der Waals surface area (Å²) in [7, 11) is 0. The minimum absolute atomic E-state index is 0.254. The average Bonchev–Trinajstić information content (AvgIpc) is 2.69. The van der Waals surface area contributed by atoms with Crippen LogP contribution in [0, 0.1) is 6.92 Å². The molecule has 0 unspecified atom stereocenters. The zero-order valence-corrected chi connectivity index (χ0v) is 15.5. The number of carbonyl (C=O) groups is 1. The molecule has 5 nitrogen and oxygen atoms in total. The van der Waals surface area contributed by atoms with E-state index in [-0.39, 0.29) is 6.03 Å². The highest BCUT2D eigenvalue weighted by Crippen LogP contribution is 2.27. The number of rotatable bonds is 3. The molecule has 1 aliphatic heterocycles. The van der Waals surface area contributed by atoms with Crippen molar-refractivity contribution in [3.63, 3.8) is 0 Å². The number of anilines is 3. The van der Waals surface area contributed by atoms with Gasteiger partial charge in [-0.2, -0.15) is 0 Å². The maximum atomic E-state index is 12.2. The van der Waals surface area contributed by atoms with E-state index in [0.717, 1.165) is 41.2 Å². The number of nitrogens with one attached hydrogen (secondary N) is 2. The molecule has 0 saturated carbocycles. The molecule has 0 radical (unpaired) electrons. The number of benzene rings is 2. The molecule has 0 bridgehead atoms. The number of hydrogen-bond acceptors (Lipinski definition) is 3. The Morgan fingerprint density at radius 1 is 0.926 bits per heavy atom. The molecule has 4 rings (SSSR count). The SMILES string of the molecule is Cc1cc(N2CCCCC2)nc2ccc(NC(=O)Nc3ccccc3)cc12. The predicted octanol–water partition coefficient (Wildman–Crippen LogP) is 5.18. The molecule has 3 aromatic rings. The summed E-state index contributed by atoms with van der Waals surface area (Å²) in [6.45, 7) is 4.26. The maximum Gasteiger partial charge on any atom is 0.323 e. The Hall–Kier alpha value is -3.08. The number of amides is 2. The summed E-state index contributed by atoms with van der Waals surface area (Å²) in [4.78, 5) is 19.4. The minimum Gasteiger partial charge on any atom is -0.357 e. The van der Waals surface area contributed by atoms with E-state index in [0.29, 0.717) is 0 Å². The average molecular weight is 360 g/mol. The van der Waals surface area contributed by atoms with E-state index in [9.17, 15) is 4.79 Å². The van der Waals surface area contributed by atoms with Crippen molar-refractivity contribution in [1.82, 2.24) is 4.98 Å². The Labute approximate surface area is 159 Å². The number of aryl methyl sites for hydroxylation is 1. The summed E-state index contributed by atoms with van der Waals surface area (Å²) in [5, 5.41) is 6.80. The van der Waals surface area contributed by atoms with Crippen LogP contribution in [0.5, 0.6) is 0 Å². The lowest BCUT2D eigenvalue weighted by atomic mass is 10.1. The Morgan fingerprint density at radius 3 is 2.44 bits per heavy atom. The molecule has 1 aromatic heterocycles. The van der Waals surface area contributed by atoms with Gasteiger partial charge in [0, 0.05) is 29.9 Å². The smallest absolute Gasteiger partial charge is 0.323 e. The third kappa shape index (κ3) is 4.03. The summed E-state index contributed by atoms with van der Waals surface area (Å²) in [6, 6.07) is 17.2. The van der Waals surface area contributed by atoms with Crippen LogP contribution in [-0.4, -0.2) is 24.1 Å². The van der Waals surface area contributed by atoms with Crippen LogP contribution in [0.4, 0.5) is 22.0 Å². The summed E-state index contributed by atoms with van der Waals surface area (Å²) in [5.74, 6) is 1.06. The molecule has 138 valence electrons. The van der Waals surface area contributed by atoms with Crippen molar-refractivity contribution in [2.24, 2.45) is 0 Å². The van der Waals surface area contributed by atoms with Gasteiger partial charge in [0.1, 0.15) is 5.82 Å². The summed E-state index contributed by atoms with van der Waals surface area (Å²) in [5.41, 5.74) is 3.66. The lowest BCUT2D eigenvalue weighted by Gasteiger charge is -2.28. The van der Waals surface area contributed by atoms with Crippen LogP contribution in [0.1, 0.15) is 24.8 Å². The van der Waals surface area contributed by atoms with Gasteiger partial charge in [-0.3, -0.25) is 0 Å². The normalized spacial score (nSPS) is 14.2. The third-order valence-corrected chi connectivity index (χ3v) is 4.97. The number of fused-ring (bicyclic) bond motifs is 1. The fraction of sp³-hybridized carbons (Fsp3) is 0.273. The lowest BCUT2D eigenvalue weighted by Crippen LogP contribution is -2.30. The van der Waals surface area contributed by atoms with Gasteiger partial charge >= 0.3 is 6.03 Å². The zero-order valence-electron chi connectivity index (χ0n) is 15.5. The van der Waals surface area contributed by atoms with Crippen molar-refractivity contribution >= 4 is 34.1 Å². The molecule has 2 amide bonds. The first-order valence-corrected chi connectivity index (χ1v) is 9.48. The van der Waals surface area contributed by atoms with Gasteiger partial charge in [-0.1, -0.05) is 18.2 Å². The molecule has 2 aromatic carbocycles. The monoisotopic (exact) mass is 360 g/mol. The second kappa shape index (κ2) is 7.66. The van der Waals surface area contributed by atoms with Crippen LogP contribution < -0.4 is 15.5 Å². The van der Waals surface area contributed by atoms with Gasteiger partial charge in [-0.25, -0.2) is 9.78 Å². The molecular formula is C22H24N4O. The minimum atomic E-state index is -0.254. The van der Waals surface area contributed by atoms with Gasteiger partial charge in [-0.15, -0.1) is 0 Å². The molecule has 0 spiro atoms. The molecule has 0 aliphatic carbocycles. The molecule has 2 heterocycles. The van der Waals surface area contributed by atoms with Crippen LogP contribution in [0.2, 0.25) is 0 Å². The fourth-order valence-electron chi connectivity index (χ4n) is 3.55. The number of aromatic nitrogens is 1. The van der Waals surface area contributed by atoms with Crippen LogP contribution in [0.25, 0.3) is 10.9 Å². The lowest BCUT2D eigenvalue weighted by molar-refractivity contribution is 0.262. The number of carbonyl (C=O) groups excluding carboxylic acids is 1. The van der Waals surface area contributed by atoms with Crippen molar-refractivity contribution in [2.75, 3.05) is 28.6 Å². The van der Waals surface area contributed by atoms with E-state index in [1.54, 1.807) is 0 Å². The van der Waals surface area contributed by atoms with Gasteiger partial charge < -0.3 is 15.5 Å². The zero-order chi connectivity index (χ0) is 18.6. The van der Waals surface area contributed by atoms with Crippen molar-refractivity contribution in [1.29, 1.82) is 0 Å². The summed E-state index contributed by atoms with van der Waals surface area (Å²) < 4.78 is 0. The highest BCUT2D eigenvalue weighted by Gasteiger charge is 2.14. The summed E-state index contributed by atoms with van der Waals surface area (Å²) >= 11 is 0. The Bertz CT molecular complexity index is 949. The number of para-hydroxylation sites is 1. The van der Waals surface area contributed by atoms with Gasteiger partial charge in [0.2, 0.25) is 0 Å². The third-order valence-electron chi connectivity index (χ3n) is 4.97. The van der Waals surface area contributed by atoms with Gasteiger partial charge in [0.25, 0.3) is 0 Å². The number of hydrogen-bond donors (Lipinski definition) is 2. The van der Waals surface area contributed by atoms with Gasteiger partial charge in [-0.05, 0) is 68.1 Å². The Balaban J connectivity index is 1.53. The first-order chi connectivity index (χ1) is 13.2. The highest BCUT2D eigenvalue weighted by atomic mass is 16.2. The second-order valence-electron chi connectivity index (χ2n) is 7.02. The number of urea groups is 1. The number of piperidine rings is 1. The van der Waals surface area contributed by atoms with Gasteiger partial charge in [0.05, 0.1) is 5.52 Å². The van der Waals surface area contributed by atoms with Crippen molar-refractivity contribution < 1.29 is 4.79 Å². The van der Waals surface area contributed by atoms with E-state index in [4.69, 9.17) is 4.98 Å². The molecule has 27 heavy (non-hydrogen) atoms. The first-order valence-electron chi connectivity index (χ1n) is 9.48. The Kier molecular flexibility index (Phi) is 4.92. The largest absolute Gasteiger partial charge is 0.357 e. The van der Waals surface area contributed by atoms with Crippen LogP contribution in [0.3, 0.4) is 0 Å². The highest BCUT2D eigenvalue weighted by molar-refractivity contribution is 6.01. The first kappa shape index (κ1) is 17.3. The Morgan fingerprint density at radius 2 is 1.67 bits per heavy atom. The van der Waals surface area contributed by atoms with E-state index in [2.05, 4.69) is 28.5 Å². The van der Waals surface area contributed by atoms with E-state index < -0.39 is 0 Å². The molecule has 1 saturated heterocycles. The number of pyridine rings is 1. The topological polar surface area (TPSA) is 57.3 Å². The molecule has 1 aliphatic rings.